The molecule has 6 nitrogen and oxygen atoms in total. The Labute approximate surface area is 123 Å². The standard InChI is InChI=1S/C15H18N4O2/c1-15(2,3)14-18-11-9-19(7-5-12(11)21-14)13(20)10-4-6-16-17-8-10/h4,6,8H,5,7,9H2,1-3H3. The molecule has 3 heterocycles. The molecule has 2 aromatic heterocycles. The van der Waals surface area contributed by atoms with Crippen LogP contribution >= 0.6 is 0 Å². The zero-order valence-corrected chi connectivity index (χ0v) is 12.5. The summed E-state index contributed by atoms with van der Waals surface area (Å²) in [6.45, 7) is 7.31. The number of fused-ring (bicyclic) bond motifs is 1. The number of nitrogens with zero attached hydrogens (tertiary/aromatic N) is 4. The number of rotatable bonds is 1. The summed E-state index contributed by atoms with van der Waals surface area (Å²) in [7, 11) is 0. The van der Waals surface area contributed by atoms with Gasteiger partial charge in [-0.2, -0.15) is 10.2 Å². The summed E-state index contributed by atoms with van der Waals surface area (Å²) < 4.78 is 5.83. The zero-order valence-electron chi connectivity index (χ0n) is 12.5. The minimum absolute atomic E-state index is 0.0455. The molecule has 3 rings (SSSR count). The molecule has 0 fully saturated rings. The molecule has 0 aliphatic carbocycles. The van der Waals surface area contributed by atoms with Crippen LogP contribution < -0.4 is 0 Å². The average molecular weight is 286 g/mol. The second-order valence-corrected chi connectivity index (χ2v) is 6.25. The van der Waals surface area contributed by atoms with Crippen molar-refractivity contribution in [2.75, 3.05) is 6.54 Å². The number of oxazole rings is 1. The molecule has 1 aliphatic heterocycles. The van der Waals surface area contributed by atoms with Crippen LogP contribution in [-0.2, 0) is 18.4 Å². The maximum atomic E-state index is 12.4. The molecular formula is C15H18N4O2. The second-order valence-electron chi connectivity index (χ2n) is 6.25. The van der Waals surface area contributed by atoms with Gasteiger partial charge < -0.3 is 9.32 Å². The first-order valence-corrected chi connectivity index (χ1v) is 7.00. The van der Waals surface area contributed by atoms with E-state index in [0.29, 0.717) is 25.1 Å². The molecule has 0 bridgehead atoms. The van der Waals surface area contributed by atoms with Gasteiger partial charge in [0.15, 0.2) is 5.89 Å². The van der Waals surface area contributed by atoms with Crippen molar-refractivity contribution in [1.82, 2.24) is 20.1 Å². The number of hydrogen-bond acceptors (Lipinski definition) is 5. The van der Waals surface area contributed by atoms with E-state index >= 15 is 0 Å². The van der Waals surface area contributed by atoms with Crippen LogP contribution in [0.25, 0.3) is 0 Å². The van der Waals surface area contributed by atoms with Crippen LogP contribution in [0, 0.1) is 0 Å². The lowest BCUT2D eigenvalue weighted by atomic mass is 9.97. The number of amides is 1. The first kappa shape index (κ1) is 13.7. The Hall–Kier alpha value is -2.24. The van der Waals surface area contributed by atoms with Gasteiger partial charge in [0.25, 0.3) is 5.91 Å². The van der Waals surface area contributed by atoms with E-state index in [1.165, 1.54) is 12.4 Å². The van der Waals surface area contributed by atoms with Crippen molar-refractivity contribution >= 4 is 5.91 Å². The summed E-state index contributed by atoms with van der Waals surface area (Å²) in [6, 6.07) is 1.67. The maximum absolute atomic E-state index is 12.4. The number of aromatic nitrogens is 3. The Balaban J connectivity index is 1.82. The molecule has 0 atom stereocenters. The topological polar surface area (TPSA) is 72.1 Å². The fraction of sp³-hybridized carbons (Fsp3) is 0.467. The molecule has 6 heteroatoms. The van der Waals surface area contributed by atoms with E-state index in [4.69, 9.17) is 4.42 Å². The molecule has 0 spiro atoms. The second kappa shape index (κ2) is 4.95. The van der Waals surface area contributed by atoms with Gasteiger partial charge in [-0.3, -0.25) is 4.79 Å². The third kappa shape index (κ3) is 2.66. The fourth-order valence-corrected chi connectivity index (χ4v) is 2.29. The SMILES string of the molecule is CC(C)(C)c1nc2c(o1)CCN(C(=O)c1ccnnc1)C2. The number of hydrogen-bond donors (Lipinski definition) is 0. The smallest absolute Gasteiger partial charge is 0.255 e. The molecule has 110 valence electrons. The molecule has 2 aromatic rings. The molecule has 1 amide bonds. The van der Waals surface area contributed by atoms with E-state index in [1.54, 1.807) is 11.0 Å². The summed E-state index contributed by atoms with van der Waals surface area (Å²) in [6.07, 6.45) is 3.71. The van der Waals surface area contributed by atoms with Gasteiger partial charge in [-0.15, -0.1) is 0 Å². The summed E-state index contributed by atoms with van der Waals surface area (Å²) in [5, 5.41) is 7.44. The van der Waals surface area contributed by atoms with Gasteiger partial charge >= 0.3 is 0 Å². The first-order chi connectivity index (χ1) is 9.95. The summed E-state index contributed by atoms with van der Waals surface area (Å²) in [4.78, 5) is 18.7. The van der Waals surface area contributed by atoms with Crippen molar-refractivity contribution < 1.29 is 9.21 Å². The van der Waals surface area contributed by atoms with Crippen LogP contribution in [0.4, 0.5) is 0 Å². The number of carbonyl (C=O) groups excluding carboxylic acids is 1. The first-order valence-electron chi connectivity index (χ1n) is 7.00. The van der Waals surface area contributed by atoms with Crippen molar-refractivity contribution in [1.29, 1.82) is 0 Å². The Morgan fingerprint density at radius 2 is 2.14 bits per heavy atom. The minimum Gasteiger partial charge on any atom is -0.445 e. The third-order valence-electron chi connectivity index (χ3n) is 3.49. The lowest BCUT2D eigenvalue weighted by molar-refractivity contribution is 0.0727. The average Bonchev–Trinajstić information content (AvgIpc) is 2.90. The zero-order chi connectivity index (χ0) is 15.0. The highest BCUT2D eigenvalue weighted by atomic mass is 16.4. The van der Waals surface area contributed by atoms with Gasteiger partial charge in [0.2, 0.25) is 0 Å². The predicted molar refractivity (Wildman–Crippen MR) is 75.7 cm³/mol. The van der Waals surface area contributed by atoms with Crippen LogP contribution in [0.3, 0.4) is 0 Å². The normalized spacial score (nSPS) is 14.9. The van der Waals surface area contributed by atoms with Crippen molar-refractivity contribution in [3.8, 4) is 0 Å². The van der Waals surface area contributed by atoms with Gasteiger partial charge in [0.05, 0.1) is 24.5 Å². The van der Waals surface area contributed by atoms with E-state index in [9.17, 15) is 4.79 Å². The van der Waals surface area contributed by atoms with E-state index in [-0.39, 0.29) is 11.3 Å². The molecule has 0 saturated heterocycles. The quantitative estimate of drug-likeness (QED) is 0.801. The number of carbonyl (C=O) groups is 1. The Morgan fingerprint density at radius 1 is 1.33 bits per heavy atom. The van der Waals surface area contributed by atoms with Crippen LogP contribution in [0.15, 0.2) is 22.9 Å². The minimum atomic E-state index is -0.124. The third-order valence-corrected chi connectivity index (χ3v) is 3.49. The molecule has 0 radical (unpaired) electrons. The molecule has 1 aliphatic rings. The summed E-state index contributed by atoms with van der Waals surface area (Å²) in [5.41, 5.74) is 1.29. The van der Waals surface area contributed by atoms with Crippen LogP contribution in [0.2, 0.25) is 0 Å². The van der Waals surface area contributed by atoms with Crippen molar-refractivity contribution in [3.63, 3.8) is 0 Å². The highest BCUT2D eigenvalue weighted by Crippen LogP contribution is 2.27. The Bertz CT molecular complexity index is 658. The van der Waals surface area contributed by atoms with E-state index < -0.39 is 0 Å². The molecule has 0 unspecified atom stereocenters. The van der Waals surface area contributed by atoms with E-state index in [1.807, 2.05) is 0 Å². The van der Waals surface area contributed by atoms with Crippen LogP contribution in [-0.4, -0.2) is 32.5 Å². The van der Waals surface area contributed by atoms with Crippen molar-refractivity contribution in [2.24, 2.45) is 0 Å². The summed E-state index contributed by atoms with van der Waals surface area (Å²) in [5.74, 6) is 1.58. The van der Waals surface area contributed by atoms with Crippen LogP contribution in [0.5, 0.6) is 0 Å². The van der Waals surface area contributed by atoms with Crippen LogP contribution in [0.1, 0.15) is 48.5 Å². The predicted octanol–water partition coefficient (Wildman–Crippen LogP) is 1.96. The maximum Gasteiger partial charge on any atom is 0.255 e. The van der Waals surface area contributed by atoms with Gasteiger partial charge in [0.1, 0.15) is 11.5 Å². The molecule has 0 aromatic carbocycles. The van der Waals surface area contributed by atoms with Gasteiger partial charge in [-0.05, 0) is 6.07 Å². The monoisotopic (exact) mass is 286 g/mol. The van der Waals surface area contributed by atoms with Gasteiger partial charge in [0, 0.05) is 18.4 Å². The van der Waals surface area contributed by atoms with E-state index in [0.717, 1.165) is 17.3 Å². The fourth-order valence-electron chi connectivity index (χ4n) is 2.29. The Morgan fingerprint density at radius 3 is 2.81 bits per heavy atom. The highest BCUT2D eigenvalue weighted by Gasteiger charge is 2.29. The van der Waals surface area contributed by atoms with Crippen molar-refractivity contribution in [3.05, 3.63) is 41.4 Å². The van der Waals surface area contributed by atoms with E-state index in [2.05, 4.69) is 36.0 Å². The molecule has 21 heavy (non-hydrogen) atoms. The van der Waals surface area contributed by atoms with Crippen molar-refractivity contribution in [2.45, 2.75) is 39.2 Å². The highest BCUT2D eigenvalue weighted by molar-refractivity contribution is 5.93. The summed E-state index contributed by atoms with van der Waals surface area (Å²) >= 11 is 0. The van der Waals surface area contributed by atoms with Gasteiger partial charge in [-0.25, -0.2) is 4.98 Å². The molecule has 0 N–H and O–H groups in total. The molecular weight excluding hydrogens is 268 g/mol. The molecule has 0 saturated carbocycles. The lowest BCUT2D eigenvalue weighted by Crippen LogP contribution is -2.35. The lowest BCUT2D eigenvalue weighted by Gasteiger charge is -2.25. The van der Waals surface area contributed by atoms with Gasteiger partial charge in [-0.1, -0.05) is 20.8 Å². The largest absolute Gasteiger partial charge is 0.445 e. The Kier molecular flexibility index (Phi) is 3.23.